The van der Waals surface area contributed by atoms with Crippen LogP contribution in [0.5, 0.6) is 5.75 Å². The summed E-state index contributed by atoms with van der Waals surface area (Å²) in [6, 6.07) is 4.80. The summed E-state index contributed by atoms with van der Waals surface area (Å²) in [5.74, 6) is -0.201. The number of nitrogens with zero attached hydrogens (tertiary/aromatic N) is 1. The third-order valence-electron chi connectivity index (χ3n) is 3.29. The molecule has 2 rings (SSSR count). The average molecular weight is 345 g/mol. The smallest absolute Gasteiger partial charge is 0.226 e. The number of ether oxygens (including phenoxy) is 1. The van der Waals surface area contributed by atoms with Gasteiger partial charge in [-0.1, -0.05) is 15.9 Å². The number of hydrogen-bond donors (Lipinski definition) is 1. The lowest BCUT2D eigenvalue weighted by Gasteiger charge is -2.34. The quantitative estimate of drug-likeness (QED) is 0.910. The molecule has 1 heterocycles. The number of halogens is 2. The summed E-state index contributed by atoms with van der Waals surface area (Å²) >= 11 is 3.18. The lowest BCUT2D eigenvalue weighted by Crippen LogP contribution is -2.52. The second-order valence-electron chi connectivity index (χ2n) is 4.81. The molecule has 0 bridgehead atoms. The highest BCUT2D eigenvalue weighted by Crippen LogP contribution is 2.21. The van der Waals surface area contributed by atoms with Crippen molar-refractivity contribution in [2.45, 2.75) is 19.4 Å². The number of nitrogens with one attached hydrogen (secondary N) is 1. The van der Waals surface area contributed by atoms with Crippen LogP contribution in [0, 0.1) is 5.82 Å². The van der Waals surface area contributed by atoms with E-state index in [2.05, 4.69) is 21.2 Å². The molecule has 1 aliphatic heterocycles. The Morgan fingerprint density at radius 2 is 2.40 bits per heavy atom. The Kier molecular flexibility index (Phi) is 5.37. The van der Waals surface area contributed by atoms with E-state index in [-0.39, 0.29) is 30.7 Å². The molecule has 1 atom stereocenters. The van der Waals surface area contributed by atoms with Gasteiger partial charge in [-0.2, -0.15) is 0 Å². The van der Waals surface area contributed by atoms with Crippen molar-refractivity contribution >= 4 is 21.8 Å². The maximum Gasteiger partial charge on any atom is 0.226 e. The van der Waals surface area contributed by atoms with Crippen molar-refractivity contribution in [2.75, 3.05) is 26.2 Å². The maximum absolute atomic E-state index is 13.5. The van der Waals surface area contributed by atoms with Crippen molar-refractivity contribution in [3.05, 3.63) is 28.5 Å². The predicted molar refractivity (Wildman–Crippen MR) is 78.3 cm³/mol. The van der Waals surface area contributed by atoms with Crippen LogP contribution in [-0.2, 0) is 4.79 Å². The zero-order chi connectivity index (χ0) is 14.5. The summed E-state index contributed by atoms with van der Waals surface area (Å²) in [4.78, 5) is 13.9. The molecule has 1 aromatic rings. The monoisotopic (exact) mass is 344 g/mol. The third-order valence-corrected chi connectivity index (χ3v) is 3.78. The van der Waals surface area contributed by atoms with Gasteiger partial charge in [0, 0.05) is 30.1 Å². The largest absolute Gasteiger partial charge is 0.490 e. The minimum Gasteiger partial charge on any atom is -0.490 e. The predicted octanol–water partition coefficient (Wildman–Crippen LogP) is 2.18. The Balaban J connectivity index is 1.81. The van der Waals surface area contributed by atoms with Gasteiger partial charge < -0.3 is 15.0 Å². The fourth-order valence-corrected chi connectivity index (χ4v) is 2.53. The summed E-state index contributed by atoms with van der Waals surface area (Å²) in [7, 11) is 0. The molecule has 0 spiro atoms. The van der Waals surface area contributed by atoms with E-state index in [4.69, 9.17) is 4.74 Å². The van der Waals surface area contributed by atoms with E-state index in [0.29, 0.717) is 11.0 Å². The van der Waals surface area contributed by atoms with E-state index >= 15 is 0 Å². The van der Waals surface area contributed by atoms with Gasteiger partial charge >= 0.3 is 0 Å². The molecule has 1 aliphatic rings. The molecule has 0 aliphatic carbocycles. The summed E-state index contributed by atoms with van der Waals surface area (Å²) in [5.41, 5.74) is 0. The van der Waals surface area contributed by atoms with Crippen LogP contribution in [-0.4, -0.2) is 43.1 Å². The molecular weight excluding hydrogens is 327 g/mol. The molecule has 110 valence electrons. The normalized spacial score (nSPS) is 18.9. The van der Waals surface area contributed by atoms with Crippen LogP contribution in [0.4, 0.5) is 4.39 Å². The standard InChI is InChI=1S/C14H18BrFN2O2/c1-10-9-17-5-6-18(10)14(19)4-7-20-13-3-2-11(15)8-12(13)16/h2-3,8,10,17H,4-7,9H2,1H3/t10-/m1/s1. The number of amides is 1. The van der Waals surface area contributed by atoms with Crippen LogP contribution in [0.15, 0.2) is 22.7 Å². The number of carbonyl (C=O) groups is 1. The van der Waals surface area contributed by atoms with E-state index in [9.17, 15) is 9.18 Å². The zero-order valence-corrected chi connectivity index (χ0v) is 13.0. The van der Waals surface area contributed by atoms with Crippen LogP contribution >= 0.6 is 15.9 Å². The van der Waals surface area contributed by atoms with Crippen molar-refractivity contribution in [3.8, 4) is 5.75 Å². The summed E-state index contributed by atoms with van der Waals surface area (Å²) in [6.07, 6.45) is 0.264. The van der Waals surface area contributed by atoms with Gasteiger partial charge in [-0.3, -0.25) is 4.79 Å². The highest BCUT2D eigenvalue weighted by Gasteiger charge is 2.22. The minimum atomic E-state index is -0.428. The van der Waals surface area contributed by atoms with Crippen LogP contribution in [0.2, 0.25) is 0 Å². The lowest BCUT2D eigenvalue weighted by molar-refractivity contribution is -0.134. The highest BCUT2D eigenvalue weighted by molar-refractivity contribution is 9.10. The second kappa shape index (κ2) is 7.04. The molecule has 0 radical (unpaired) electrons. The minimum absolute atomic E-state index is 0.0523. The Hall–Kier alpha value is -1.14. The van der Waals surface area contributed by atoms with Gasteiger partial charge in [0.1, 0.15) is 0 Å². The first kappa shape index (κ1) is 15.3. The van der Waals surface area contributed by atoms with Gasteiger partial charge in [-0.25, -0.2) is 4.39 Å². The van der Waals surface area contributed by atoms with Gasteiger partial charge in [-0.05, 0) is 25.1 Å². The van der Waals surface area contributed by atoms with E-state index in [1.807, 2.05) is 11.8 Å². The first-order valence-electron chi connectivity index (χ1n) is 6.66. The van der Waals surface area contributed by atoms with E-state index in [1.54, 1.807) is 12.1 Å². The Bertz CT molecular complexity index is 484. The lowest BCUT2D eigenvalue weighted by atomic mass is 10.2. The van der Waals surface area contributed by atoms with Crippen LogP contribution in [0.1, 0.15) is 13.3 Å². The van der Waals surface area contributed by atoms with Gasteiger partial charge in [0.05, 0.1) is 13.0 Å². The first-order valence-corrected chi connectivity index (χ1v) is 7.45. The van der Waals surface area contributed by atoms with Crippen molar-refractivity contribution < 1.29 is 13.9 Å². The topological polar surface area (TPSA) is 41.6 Å². The molecule has 20 heavy (non-hydrogen) atoms. The molecule has 1 N–H and O–H groups in total. The van der Waals surface area contributed by atoms with Crippen molar-refractivity contribution in [1.29, 1.82) is 0 Å². The molecule has 0 saturated carbocycles. The summed E-state index contributed by atoms with van der Waals surface area (Å²) < 4.78 is 19.5. The van der Waals surface area contributed by atoms with Gasteiger partial charge in [0.2, 0.25) is 5.91 Å². The highest BCUT2D eigenvalue weighted by atomic mass is 79.9. The van der Waals surface area contributed by atoms with Gasteiger partial charge in [0.15, 0.2) is 11.6 Å². The van der Waals surface area contributed by atoms with Gasteiger partial charge in [-0.15, -0.1) is 0 Å². The Morgan fingerprint density at radius 3 is 3.10 bits per heavy atom. The summed E-state index contributed by atoms with van der Waals surface area (Å²) in [6.45, 7) is 4.55. The molecule has 0 unspecified atom stereocenters. The summed E-state index contributed by atoms with van der Waals surface area (Å²) in [5, 5.41) is 3.23. The molecule has 4 nitrogen and oxygen atoms in total. The van der Waals surface area contributed by atoms with Crippen LogP contribution in [0.3, 0.4) is 0 Å². The second-order valence-corrected chi connectivity index (χ2v) is 5.73. The van der Waals surface area contributed by atoms with Crippen molar-refractivity contribution in [3.63, 3.8) is 0 Å². The van der Waals surface area contributed by atoms with E-state index in [0.717, 1.165) is 13.1 Å². The van der Waals surface area contributed by atoms with Crippen LogP contribution in [0.25, 0.3) is 0 Å². The number of carbonyl (C=O) groups excluding carboxylic acids is 1. The Morgan fingerprint density at radius 1 is 1.60 bits per heavy atom. The average Bonchev–Trinajstić information content (AvgIpc) is 2.41. The van der Waals surface area contributed by atoms with E-state index in [1.165, 1.54) is 6.07 Å². The fourth-order valence-electron chi connectivity index (χ4n) is 2.20. The molecule has 6 heteroatoms. The molecule has 1 aromatic carbocycles. The molecule has 1 fully saturated rings. The first-order chi connectivity index (χ1) is 9.58. The number of benzene rings is 1. The van der Waals surface area contributed by atoms with Crippen molar-refractivity contribution in [2.24, 2.45) is 0 Å². The number of piperazine rings is 1. The van der Waals surface area contributed by atoms with Gasteiger partial charge in [0.25, 0.3) is 0 Å². The molecular formula is C14H18BrFN2O2. The van der Waals surface area contributed by atoms with E-state index < -0.39 is 5.82 Å². The SMILES string of the molecule is C[C@@H]1CNCCN1C(=O)CCOc1ccc(Br)cc1F. The Labute approximate surface area is 126 Å². The third kappa shape index (κ3) is 3.93. The van der Waals surface area contributed by atoms with Crippen molar-refractivity contribution in [1.82, 2.24) is 10.2 Å². The fraction of sp³-hybridized carbons (Fsp3) is 0.500. The number of rotatable bonds is 4. The molecule has 0 aromatic heterocycles. The maximum atomic E-state index is 13.5. The van der Waals surface area contributed by atoms with Crippen LogP contribution < -0.4 is 10.1 Å². The molecule has 1 saturated heterocycles. The molecule has 1 amide bonds. The zero-order valence-electron chi connectivity index (χ0n) is 11.4. The number of hydrogen-bond acceptors (Lipinski definition) is 3.